The molecule has 0 aromatic heterocycles. The van der Waals surface area contributed by atoms with Crippen LogP contribution < -0.4 is 10.5 Å². The van der Waals surface area contributed by atoms with E-state index in [4.69, 9.17) is 10.5 Å². The first-order valence-electron chi connectivity index (χ1n) is 7.59. The van der Waals surface area contributed by atoms with Gasteiger partial charge < -0.3 is 15.6 Å². The largest absolute Gasteiger partial charge is 0.491 e. The summed E-state index contributed by atoms with van der Waals surface area (Å²) in [5.41, 5.74) is 6.38. The molecule has 20 heavy (non-hydrogen) atoms. The fourth-order valence-electron chi connectivity index (χ4n) is 2.34. The Kier molecular flexibility index (Phi) is 5.68. The molecule has 4 nitrogen and oxygen atoms in total. The van der Waals surface area contributed by atoms with Gasteiger partial charge in [-0.2, -0.15) is 0 Å². The second-order valence-electron chi connectivity index (χ2n) is 5.62. The van der Waals surface area contributed by atoms with E-state index < -0.39 is 6.10 Å². The number of nitrogens with zero attached hydrogens (tertiary/aromatic N) is 1. The maximum absolute atomic E-state index is 10.1. The monoisotopic (exact) mass is 278 g/mol. The van der Waals surface area contributed by atoms with Crippen LogP contribution in [-0.2, 0) is 0 Å². The average molecular weight is 278 g/mol. The Bertz CT molecular complexity index is 407. The van der Waals surface area contributed by atoms with Gasteiger partial charge >= 0.3 is 0 Å². The molecule has 2 rings (SSSR count). The van der Waals surface area contributed by atoms with E-state index in [9.17, 15) is 5.11 Å². The van der Waals surface area contributed by atoms with E-state index in [1.165, 1.54) is 25.7 Å². The minimum Gasteiger partial charge on any atom is -0.491 e. The summed E-state index contributed by atoms with van der Waals surface area (Å²) >= 11 is 0. The average Bonchev–Trinajstić information content (AvgIpc) is 3.26. The Morgan fingerprint density at radius 2 is 2.25 bits per heavy atom. The summed E-state index contributed by atoms with van der Waals surface area (Å²) in [6.07, 6.45) is 4.48. The lowest BCUT2D eigenvalue weighted by atomic mass is 10.2. The van der Waals surface area contributed by atoms with Crippen LogP contribution >= 0.6 is 0 Å². The van der Waals surface area contributed by atoms with E-state index in [0.717, 1.165) is 12.3 Å². The molecule has 1 aromatic rings. The normalized spacial score (nSPS) is 16.4. The zero-order valence-electron chi connectivity index (χ0n) is 12.3. The Balaban J connectivity index is 1.74. The summed E-state index contributed by atoms with van der Waals surface area (Å²) in [4.78, 5) is 2.40. The van der Waals surface area contributed by atoms with Gasteiger partial charge in [-0.3, -0.25) is 4.90 Å². The van der Waals surface area contributed by atoms with Crippen LogP contribution in [0.15, 0.2) is 24.3 Å². The number of aliphatic hydroxyl groups excluding tert-OH is 1. The van der Waals surface area contributed by atoms with Gasteiger partial charge in [0.25, 0.3) is 0 Å². The van der Waals surface area contributed by atoms with Crippen molar-refractivity contribution >= 4 is 5.69 Å². The number of hydrogen-bond acceptors (Lipinski definition) is 4. The van der Waals surface area contributed by atoms with Crippen molar-refractivity contribution in [1.29, 1.82) is 0 Å². The highest BCUT2D eigenvalue weighted by Crippen LogP contribution is 2.27. The topological polar surface area (TPSA) is 58.7 Å². The Labute approximate surface area is 121 Å². The predicted octanol–water partition coefficient (Wildman–Crippen LogP) is 2.27. The van der Waals surface area contributed by atoms with E-state index in [0.29, 0.717) is 24.9 Å². The van der Waals surface area contributed by atoms with E-state index in [-0.39, 0.29) is 0 Å². The van der Waals surface area contributed by atoms with Gasteiger partial charge in [0, 0.05) is 24.3 Å². The van der Waals surface area contributed by atoms with Crippen molar-refractivity contribution in [2.24, 2.45) is 0 Å². The molecule has 0 radical (unpaired) electrons. The number of ether oxygens (including phenoxy) is 1. The maximum atomic E-state index is 10.1. The molecule has 1 atom stereocenters. The lowest BCUT2D eigenvalue weighted by Gasteiger charge is -2.24. The highest BCUT2D eigenvalue weighted by molar-refractivity contribution is 5.43. The first-order valence-corrected chi connectivity index (χ1v) is 7.59. The highest BCUT2D eigenvalue weighted by Gasteiger charge is 2.29. The molecule has 1 aliphatic rings. The quantitative estimate of drug-likeness (QED) is 0.680. The molecule has 4 heteroatoms. The highest BCUT2D eigenvalue weighted by atomic mass is 16.5. The Hall–Kier alpha value is -1.26. The Morgan fingerprint density at radius 3 is 2.90 bits per heavy atom. The molecule has 1 aliphatic carbocycles. The molecule has 112 valence electrons. The number of rotatable bonds is 9. The minimum atomic E-state index is -0.450. The van der Waals surface area contributed by atoms with Gasteiger partial charge in [-0.25, -0.2) is 0 Å². The van der Waals surface area contributed by atoms with Gasteiger partial charge in [-0.1, -0.05) is 19.4 Å². The summed E-state index contributed by atoms with van der Waals surface area (Å²) in [5.74, 6) is 0.718. The van der Waals surface area contributed by atoms with Gasteiger partial charge in [0.1, 0.15) is 18.5 Å². The number of aliphatic hydroxyl groups is 1. The molecule has 1 aromatic carbocycles. The lowest BCUT2D eigenvalue weighted by molar-refractivity contribution is 0.0649. The van der Waals surface area contributed by atoms with E-state index >= 15 is 0 Å². The van der Waals surface area contributed by atoms with Gasteiger partial charge in [-0.15, -0.1) is 0 Å². The molecule has 0 heterocycles. The second kappa shape index (κ2) is 7.50. The number of nitrogens with two attached hydrogens (primary N) is 1. The minimum absolute atomic E-state index is 0.318. The molecule has 0 spiro atoms. The lowest BCUT2D eigenvalue weighted by Crippen LogP contribution is -2.37. The molecule has 3 N–H and O–H groups in total. The number of hydrogen-bond donors (Lipinski definition) is 2. The first-order chi connectivity index (χ1) is 9.69. The molecule has 0 saturated heterocycles. The van der Waals surface area contributed by atoms with Gasteiger partial charge in [-0.05, 0) is 37.9 Å². The Morgan fingerprint density at radius 1 is 1.45 bits per heavy atom. The number of nitrogen functional groups attached to an aromatic ring is 1. The number of benzene rings is 1. The van der Waals surface area contributed by atoms with Crippen molar-refractivity contribution in [3.63, 3.8) is 0 Å². The molecule has 1 fully saturated rings. The SMILES string of the molecule is CCCCN(CC(O)COc1cccc(N)c1)C1CC1. The van der Waals surface area contributed by atoms with Crippen molar-refractivity contribution in [3.05, 3.63) is 24.3 Å². The summed E-state index contributed by atoms with van der Waals surface area (Å²) in [7, 11) is 0. The van der Waals surface area contributed by atoms with E-state index in [2.05, 4.69) is 11.8 Å². The standard InChI is InChI=1S/C16H26N2O2/c1-2-3-9-18(14-7-8-14)11-15(19)12-20-16-6-4-5-13(17)10-16/h4-6,10,14-15,19H,2-3,7-9,11-12,17H2,1H3. The number of anilines is 1. The van der Waals surface area contributed by atoms with Crippen LogP contribution in [0, 0.1) is 0 Å². The maximum Gasteiger partial charge on any atom is 0.121 e. The van der Waals surface area contributed by atoms with Crippen molar-refractivity contribution < 1.29 is 9.84 Å². The van der Waals surface area contributed by atoms with Crippen LogP contribution in [-0.4, -0.2) is 41.8 Å². The zero-order chi connectivity index (χ0) is 14.4. The molecule has 0 bridgehead atoms. The van der Waals surface area contributed by atoms with Crippen molar-refractivity contribution in [2.45, 2.75) is 44.8 Å². The molecular weight excluding hydrogens is 252 g/mol. The van der Waals surface area contributed by atoms with Crippen molar-refractivity contribution in [1.82, 2.24) is 4.90 Å². The zero-order valence-corrected chi connectivity index (χ0v) is 12.3. The van der Waals surface area contributed by atoms with Crippen LogP contribution in [0.25, 0.3) is 0 Å². The van der Waals surface area contributed by atoms with Crippen molar-refractivity contribution in [3.8, 4) is 5.75 Å². The van der Waals surface area contributed by atoms with Gasteiger partial charge in [0.15, 0.2) is 0 Å². The summed E-state index contributed by atoms with van der Waals surface area (Å²) < 4.78 is 5.60. The van der Waals surface area contributed by atoms with E-state index in [1.54, 1.807) is 6.07 Å². The predicted molar refractivity (Wildman–Crippen MR) is 81.9 cm³/mol. The third kappa shape index (κ3) is 5.02. The van der Waals surface area contributed by atoms with Crippen LogP contribution in [0.2, 0.25) is 0 Å². The molecule has 1 saturated carbocycles. The smallest absolute Gasteiger partial charge is 0.121 e. The van der Waals surface area contributed by atoms with Gasteiger partial charge in [0.05, 0.1) is 0 Å². The van der Waals surface area contributed by atoms with Crippen LogP contribution in [0.4, 0.5) is 5.69 Å². The molecular formula is C16H26N2O2. The van der Waals surface area contributed by atoms with Crippen LogP contribution in [0.1, 0.15) is 32.6 Å². The fourth-order valence-corrected chi connectivity index (χ4v) is 2.34. The third-order valence-electron chi connectivity index (χ3n) is 3.61. The fraction of sp³-hybridized carbons (Fsp3) is 0.625. The van der Waals surface area contributed by atoms with Crippen LogP contribution in [0.3, 0.4) is 0 Å². The second-order valence-corrected chi connectivity index (χ2v) is 5.62. The van der Waals surface area contributed by atoms with Crippen molar-refractivity contribution in [2.75, 3.05) is 25.4 Å². The van der Waals surface area contributed by atoms with E-state index in [1.807, 2.05) is 18.2 Å². The molecule has 0 aliphatic heterocycles. The third-order valence-corrected chi connectivity index (χ3v) is 3.61. The summed E-state index contributed by atoms with van der Waals surface area (Å²) in [6.45, 7) is 4.30. The van der Waals surface area contributed by atoms with Gasteiger partial charge in [0.2, 0.25) is 0 Å². The summed E-state index contributed by atoms with van der Waals surface area (Å²) in [6, 6.07) is 8.00. The number of unbranched alkanes of at least 4 members (excludes halogenated alkanes) is 1. The van der Waals surface area contributed by atoms with Crippen LogP contribution in [0.5, 0.6) is 5.75 Å². The molecule has 1 unspecified atom stereocenters. The summed E-state index contributed by atoms with van der Waals surface area (Å²) in [5, 5.41) is 10.1. The molecule has 0 amide bonds. The first kappa shape index (κ1) is 15.1.